The zero-order chi connectivity index (χ0) is 14.8. The second-order valence-corrected chi connectivity index (χ2v) is 7.61. The molecule has 0 N–H and O–H groups in total. The molecule has 112 valence electrons. The summed E-state index contributed by atoms with van der Waals surface area (Å²) in [4.78, 5) is 2.24. The van der Waals surface area contributed by atoms with Crippen molar-refractivity contribution in [1.29, 1.82) is 0 Å². The van der Waals surface area contributed by atoms with Crippen LogP contribution in [0.5, 0.6) is 0 Å². The van der Waals surface area contributed by atoms with Crippen LogP contribution in [0, 0.1) is 0 Å². The van der Waals surface area contributed by atoms with E-state index >= 15 is 0 Å². The first-order chi connectivity index (χ1) is 9.41. The highest BCUT2D eigenvalue weighted by Gasteiger charge is 2.32. The van der Waals surface area contributed by atoms with Gasteiger partial charge in [0.25, 0.3) is 10.2 Å². The number of nitrogens with zero attached hydrogens (tertiary/aromatic N) is 3. The van der Waals surface area contributed by atoms with Crippen molar-refractivity contribution >= 4 is 10.2 Å². The quantitative estimate of drug-likeness (QED) is 0.820. The van der Waals surface area contributed by atoms with E-state index in [0.29, 0.717) is 13.1 Å². The Labute approximate surface area is 122 Å². The first-order valence-corrected chi connectivity index (χ1v) is 8.22. The summed E-state index contributed by atoms with van der Waals surface area (Å²) in [6.45, 7) is 1.87. The molecule has 1 aromatic rings. The third kappa shape index (κ3) is 3.38. The van der Waals surface area contributed by atoms with Crippen LogP contribution in [0.1, 0.15) is 5.56 Å². The molecule has 0 unspecified atom stereocenters. The molecule has 0 amide bonds. The minimum absolute atomic E-state index is 0.223. The van der Waals surface area contributed by atoms with E-state index in [4.69, 9.17) is 0 Å². The van der Waals surface area contributed by atoms with Crippen molar-refractivity contribution in [3.8, 4) is 0 Å². The van der Waals surface area contributed by atoms with Crippen LogP contribution in [0.3, 0.4) is 0 Å². The lowest BCUT2D eigenvalue weighted by atomic mass is 10.0. The number of benzene rings is 1. The molecular formula is C14H23N3O2S. The number of likely N-dealkylation sites (N-methyl/N-ethyl adjacent to an activating group) is 1. The Kier molecular flexibility index (Phi) is 4.80. The average Bonchev–Trinajstić information content (AvgIpc) is 2.42. The summed E-state index contributed by atoms with van der Waals surface area (Å²) in [5.74, 6) is 0. The number of hydrogen-bond acceptors (Lipinski definition) is 3. The van der Waals surface area contributed by atoms with Gasteiger partial charge in [-0.15, -0.1) is 0 Å². The van der Waals surface area contributed by atoms with Crippen molar-refractivity contribution in [3.05, 3.63) is 35.9 Å². The van der Waals surface area contributed by atoms with Gasteiger partial charge in [-0.05, 0) is 19.0 Å². The summed E-state index contributed by atoms with van der Waals surface area (Å²) in [6.07, 6.45) is 0.872. The van der Waals surface area contributed by atoms with E-state index in [1.165, 1.54) is 9.87 Å². The maximum Gasteiger partial charge on any atom is 0.281 e. The van der Waals surface area contributed by atoms with Crippen LogP contribution in [0.2, 0.25) is 0 Å². The maximum atomic E-state index is 12.2. The Morgan fingerprint density at radius 1 is 1.20 bits per heavy atom. The van der Waals surface area contributed by atoms with Gasteiger partial charge in [0.15, 0.2) is 0 Å². The predicted octanol–water partition coefficient (Wildman–Crippen LogP) is 0.652. The van der Waals surface area contributed by atoms with Crippen molar-refractivity contribution in [3.63, 3.8) is 0 Å². The molecule has 2 rings (SSSR count). The highest BCUT2D eigenvalue weighted by Crippen LogP contribution is 2.17. The van der Waals surface area contributed by atoms with Gasteiger partial charge in [-0.25, -0.2) is 0 Å². The zero-order valence-electron chi connectivity index (χ0n) is 12.4. The smallest absolute Gasteiger partial charge is 0.281 e. The van der Waals surface area contributed by atoms with Gasteiger partial charge >= 0.3 is 0 Å². The number of rotatable bonds is 4. The van der Waals surface area contributed by atoms with Crippen LogP contribution in [-0.2, 0) is 16.6 Å². The first-order valence-electron chi connectivity index (χ1n) is 6.83. The molecule has 1 aliphatic heterocycles. The Bertz CT molecular complexity index is 531. The van der Waals surface area contributed by atoms with E-state index in [-0.39, 0.29) is 6.04 Å². The van der Waals surface area contributed by atoms with Crippen LogP contribution in [0.4, 0.5) is 0 Å². The highest BCUT2D eigenvalue weighted by molar-refractivity contribution is 7.86. The predicted molar refractivity (Wildman–Crippen MR) is 80.7 cm³/mol. The molecule has 0 spiro atoms. The average molecular weight is 297 g/mol. The van der Waals surface area contributed by atoms with E-state index in [2.05, 4.69) is 24.1 Å². The molecule has 0 bridgehead atoms. The molecule has 0 aliphatic carbocycles. The number of hydrogen-bond donors (Lipinski definition) is 0. The van der Waals surface area contributed by atoms with Crippen LogP contribution in [0.25, 0.3) is 0 Å². The van der Waals surface area contributed by atoms with Gasteiger partial charge in [0, 0.05) is 39.8 Å². The fraction of sp³-hybridized carbons (Fsp3) is 0.571. The molecule has 0 radical (unpaired) electrons. The van der Waals surface area contributed by atoms with Crippen molar-refractivity contribution < 1.29 is 8.42 Å². The lowest BCUT2D eigenvalue weighted by Gasteiger charge is -2.39. The van der Waals surface area contributed by atoms with Gasteiger partial charge in [0.1, 0.15) is 0 Å². The van der Waals surface area contributed by atoms with Crippen LogP contribution in [-0.4, -0.2) is 68.7 Å². The fourth-order valence-electron chi connectivity index (χ4n) is 2.46. The summed E-state index contributed by atoms with van der Waals surface area (Å²) in [5.41, 5.74) is 1.24. The van der Waals surface area contributed by atoms with Crippen LogP contribution in [0.15, 0.2) is 30.3 Å². The summed E-state index contributed by atoms with van der Waals surface area (Å²) >= 11 is 0. The normalized spacial score (nSPS) is 22.3. The number of piperazine rings is 1. The topological polar surface area (TPSA) is 43.9 Å². The van der Waals surface area contributed by atoms with Gasteiger partial charge in [-0.1, -0.05) is 30.3 Å². The molecule has 1 fully saturated rings. The molecule has 1 aromatic carbocycles. The molecule has 0 saturated carbocycles. The second-order valence-electron chi connectivity index (χ2n) is 5.47. The molecule has 1 saturated heterocycles. The zero-order valence-corrected chi connectivity index (χ0v) is 13.2. The van der Waals surface area contributed by atoms with Crippen molar-refractivity contribution in [2.45, 2.75) is 12.5 Å². The van der Waals surface area contributed by atoms with E-state index in [1.54, 1.807) is 18.4 Å². The van der Waals surface area contributed by atoms with Crippen molar-refractivity contribution in [2.24, 2.45) is 0 Å². The lowest BCUT2D eigenvalue weighted by Crippen LogP contribution is -2.56. The summed E-state index contributed by atoms with van der Waals surface area (Å²) in [5, 5.41) is 0. The largest absolute Gasteiger partial charge is 0.300 e. The fourth-order valence-corrected chi connectivity index (χ4v) is 3.60. The van der Waals surface area contributed by atoms with Crippen molar-refractivity contribution in [2.75, 3.05) is 40.8 Å². The SMILES string of the molecule is CN1CCN(S(=O)(=O)N(C)C)C[C@@H]1Cc1ccccc1. The van der Waals surface area contributed by atoms with E-state index < -0.39 is 10.2 Å². The van der Waals surface area contributed by atoms with Gasteiger partial charge in [-0.3, -0.25) is 0 Å². The van der Waals surface area contributed by atoms with Crippen LogP contribution >= 0.6 is 0 Å². The van der Waals surface area contributed by atoms with Crippen molar-refractivity contribution in [1.82, 2.24) is 13.5 Å². The van der Waals surface area contributed by atoms with Gasteiger partial charge in [0.2, 0.25) is 0 Å². The van der Waals surface area contributed by atoms with E-state index in [9.17, 15) is 8.42 Å². The Balaban J connectivity index is 2.09. The highest BCUT2D eigenvalue weighted by atomic mass is 32.2. The van der Waals surface area contributed by atoms with Gasteiger partial charge in [0.05, 0.1) is 0 Å². The second kappa shape index (κ2) is 6.22. The summed E-state index contributed by atoms with van der Waals surface area (Å²) in [7, 11) is 1.92. The van der Waals surface area contributed by atoms with Gasteiger partial charge < -0.3 is 4.90 Å². The molecule has 0 aromatic heterocycles. The summed E-state index contributed by atoms with van der Waals surface area (Å²) in [6, 6.07) is 10.4. The minimum Gasteiger partial charge on any atom is -0.300 e. The lowest BCUT2D eigenvalue weighted by molar-refractivity contribution is 0.143. The monoisotopic (exact) mass is 297 g/mol. The summed E-state index contributed by atoms with van der Waals surface area (Å²) < 4.78 is 27.3. The Morgan fingerprint density at radius 2 is 1.85 bits per heavy atom. The molecular weight excluding hydrogens is 274 g/mol. The van der Waals surface area contributed by atoms with Gasteiger partial charge in [-0.2, -0.15) is 17.0 Å². The first kappa shape index (κ1) is 15.4. The molecule has 1 heterocycles. The van der Waals surface area contributed by atoms with E-state index in [0.717, 1.165) is 13.0 Å². The molecule has 1 aliphatic rings. The van der Waals surface area contributed by atoms with E-state index in [1.807, 2.05) is 18.2 Å². The minimum atomic E-state index is -3.31. The third-order valence-electron chi connectivity index (χ3n) is 3.84. The van der Waals surface area contributed by atoms with Crippen LogP contribution < -0.4 is 0 Å². The molecule has 1 atom stereocenters. The Hall–Kier alpha value is -0.950. The molecule has 6 heteroatoms. The Morgan fingerprint density at radius 3 is 2.45 bits per heavy atom. The maximum absolute atomic E-state index is 12.2. The third-order valence-corrected chi connectivity index (χ3v) is 5.75. The molecule has 20 heavy (non-hydrogen) atoms. The standard InChI is InChI=1S/C14H23N3O2S/c1-15(2)20(18,19)17-10-9-16(3)14(12-17)11-13-7-5-4-6-8-13/h4-8,14H,9-12H2,1-3H3/t14-/m0/s1. The molecule has 5 nitrogen and oxygen atoms in total.